The Kier molecular flexibility index (Phi) is 6.74. The molecule has 0 bridgehead atoms. The van der Waals surface area contributed by atoms with Crippen LogP contribution in [0.25, 0.3) is 0 Å². The third kappa shape index (κ3) is 5.70. The molecule has 0 radical (unpaired) electrons. The fourth-order valence-electron chi connectivity index (χ4n) is 2.02. The third-order valence-electron chi connectivity index (χ3n) is 3.28. The molecule has 2 nitrogen and oxygen atoms in total. The number of thiocarbonyl (C=S) groups is 1. The fraction of sp³-hybridized carbons (Fsp3) is 0.278. The standard InChI is InChI=1S/C18H22N2S2/c1-15-8-10-16(11-9-15)14-20(2)18(21)19-12-13-22-17-6-4-3-5-7-17/h3-11H,12-14H2,1-2H3,(H,19,21). The molecule has 116 valence electrons. The number of nitrogens with zero attached hydrogens (tertiary/aromatic N) is 1. The summed E-state index contributed by atoms with van der Waals surface area (Å²) in [6.45, 7) is 3.80. The third-order valence-corrected chi connectivity index (χ3v) is 4.75. The highest BCUT2D eigenvalue weighted by atomic mass is 32.2. The van der Waals surface area contributed by atoms with Crippen LogP contribution in [0.2, 0.25) is 0 Å². The smallest absolute Gasteiger partial charge is 0.169 e. The minimum atomic E-state index is 0.800. The summed E-state index contributed by atoms with van der Waals surface area (Å²) in [7, 11) is 2.03. The van der Waals surface area contributed by atoms with Crippen molar-refractivity contribution in [1.82, 2.24) is 10.2 Å². The summed E-state index contributed by atoms with van der Waals surface area (Å²) in [5.41, 5.74) is 2.56. The van der Waals surface area contributed by atoms with Crippen LogP contribution in [0.4, 0.5) is 0 Å². The molecule has 2 aromatic carbocycles. The summed E-state index contributed by atoms with van der Waals surface area (Å²) in [5, 5.41) is 4.12. The van der Waals surface area contributed by atoms with Gasteiger partial charge in [0, 0.05) is 30.8 Å². The van der Waals surface area contributed by atoms with E-state index in [-0.39, 0.29) is 0 Å². The first-order chi connectivity index (χ1) is 10.6. The van der Waals surface area contributed by atoms with E-state index in [0.29, 0.717) is 0 Å². The first-order valence-electron chi connectivity index (χ1n) is 7.37. The lowest BCUT2D eigenvalue weighted by atomic mass is 10.1. The molecule has 1 N–H and O–H groups in total. The normalized spacial score (nSPS) is 10.3. The van der Waals surface area contributed by atoms with Gasteiger partial charge in [-0.25, -0.2) is 0 Å². The summed E-state index contributed by atoms with van der Waals surface area (Å²) in [6.07, 6.45) is 0. The molecule has 0 amide bonds. The van der Waals surface area contributed by atoms with Crippen molar-refractivity contribution in [3.63, 3.8) is 0 Å². The number of hydrogen-bond acceptors (Lipinski definition) is 2. The second-order valence-electron chi connectivity index (χ2n) is 5.24. The molecule has 0 fully saturated rings. The minimum absolute atomic E-state index is 0.800. The summed E-state index contributed by atoms with van der Waals surface area (Å²) in [4.78, 5) is 3.37. The largest absolute Gasteiger partial charge is 0.362 e. The van der Waals surface area contributed by atoms with Gasteiger partial charge in [-0.1, -0.05) is 48.0 Å². The highest BCUT2D eigenvalue weighted by Gasteiger charge is 2.04. The molecule has 0 saturated carbocycles. The number of hydrogen-bond donors (Lipinski definition) is 1. The minimum Gasteiger partial charge on any atom is -0.362 e. The highest BCUT2D eigenvalue weighted by molar-refractivity contribution is 7.99. The Bertz CT molecular complexity index is 582. The van der Waals surface area contributed by atoms with Gasteiger partial charge in [-0.3, -0.25) is 0 Å². The molecule has 0 atom stereocenters. The number of nitrogens with one attached hydrogen (secondary N) is 1. The molecule has 0 heterocycles. The zero-order valence-corrected chi connectivity index (χ0v) is 14.7. The zero-order chi connectivity index (χ0) is 15.8. The maximum atomic E-state index is 5.44. The maximum Gasteiger partial charge on any atom is 0.169 e. The highest BCUT2D eigenvalue weighted by Crippen LogP contribution is 2.15. The average Bonchev–Trinajstić information content (AvgIpc) is 2.54. The second kappa shape index (κ2) is 8.81. The summed E-state index contributed by atoms with van der Waals surface area (Å²) in [5.74, 6) is 1.00. The molecular weight excluding hydrogens is 308 g/mol. The summed E-state index contributed by atoms with van der Waals surface area (Å²) in [6, 6.07) is 19.0. The van der Waals surface area contributed by atoms with Crippen LogP contribution in [-0.2, 0) is 6.54 Å². The SMILES string of the molecule is Cc1ccc(CN(C)C(=S)NCCSc2ccccc2)cc1. The van der Waals surface area contributed by atoms with E-state index >= 15 is 0 Å². The molecule has 0 aromatic heterocycles. The van der Waals surface area contributed by atoms with Crippen LogP contribution >= 0.6 is 24.0 Å². The number of thioether (sulfide) groups is 1. The Morgan fingerprint density at radius 3 is 2.45 bits per heavy atom. The Morgan fingerprint density at radius 1 is 1.09 bits per heavy atom. The van der Waals surface area contributed by atoms with Gasteiger partial charge in [-0.15, -0.1) is 11.8 Å². The predicted molar refractivity (Wildman–Crippen MR) is 100 cm³/mol. The molecule has 0 spiro atoms. The zero-order valence-electron chi connectivity index (χ0n) is 13.1. The van der Waals surface area contributed by atoms with Crippen LogP contribution < -0.4 is 5.32 Å². The van der Waals surface area contributed by atoms with Gasteiger partial charge in [0.1, 0.15) is 0 Å². The number of benzene rings is 2. The molecular formula is C18H22N2S2. The van der Waals surface area contributed by atoms with E-state index in [2.05, 4.69) is 65.7 Å². The first kappa shape index (κ1) is 16.8. The molecule has 0 saturated heterocycles. The lowest BCUT2D eigenvalue weighted by molar-refractivity contribution is 0.491. The molecule has 2 aromatic rings. The topological polar surface area (TPSA) is 15.3 Å². The van der Waals surface area contributed by atoms with Crippen LogP contribution in [0.15, 0.2) is 59.5 Å². The quantitative estimate of drug-likeness (QED) is 0.487. The van der Waals surface area contributed by atoms with E-state index in [1.54, 1.807) is 0 Å². The van der Waals surface area contributed by atoms with E-state index in [0.717, 1.165) is 24.0 Å². The lowest BCUT2D eigenvalue weighted by Gasteiger charge is -2.21. The Labute approximate surface area is 142 Å². The Hall–Kier alpha value is -1.52. The molecule has 2 rings (SSSR count). The van der Waals surface area contributed by atoms with Crippen LogP contribution in [-0.4, -0.2) is 29.4 Å². The van der Waals surface area contributed by atoms with Gasteiger partial charge >= 0.3 is 0 Å². The van der Waals surface area contributed by atoms with Crippen molar-refractivity contribution in [2.45, 2.75) is 18.4 Å². The summed E-state index contributed by atoms with van der Waals surface area (Å²) >= 11 is 7.28. The van der Waals surface area contributed by atoms with Crippen molar-refractivity contribution >= 4 is 29.1 Å². The molecule has 0 aliphatic heterocycles. The van der Waals surface area contributed by atoms with Crippen LogP contribution in [0.1, 0.15) is 11.1 Å². The lowest BCUT2D eigenvalue weighted by Crippen LogP contribution is -2.37. The Morgan fingerprint density at radius 2 is 1.77 bits per heavy atom. The van der Waals surface area contributed by atoms with Crippen molar-refractivity contribution in [2.75, 3.05) is 19.3 Å². The van der Waals surface area contributed by atoms with Gasteiger partial charge in [-0.05, 0) is 36.8 Å². The summed E-state index contributed by atoms with van der Waals surface area (Å²) < 4.78 is 0. The van der Waals surface area contributed by atoms with Gasteiger partial charge in [0.05, 0.1) is 0 Å². The fourth-order valence-corrected chi connectivity index (χ4v) is 2.97. The van der Waals surface area contributed by atoms with E-state index < -0.39 is 0 Å². The first-order valence-corrected chi connectivity index (χ1v) is 8.77. The van der Waals surface area contributed by atoms with Gasteiger partial charge in [0.15, 0.2) is 5.11 Å². The second-order valence-corrected chi connectivity index (χ2v) is 6.79. The van der Waals surface area contributed by atoms with Crippen molar-refractivity contribution < 1.29 is 0 Å². The predicted octanol–water partition coefficient (Wildman–Crippen LogP) is 4.09. The monoisotopic (exact) mass is 330 g/mol. The van der Waals surface area contributed by atoms with Gasteiger partial charge in [0.25, 0.3) is 0 Å². The molecule has 0 unspecified atom stereocenters. The van der Waals surface area contributed by atoms with Gasteiger partial charge < -0.3 is 10.2 Å². The van der Waals surface area contributed by atoms with Crippen molar-refractivity contribution in [3.05, 3.63) is 65.7 Å². The van der Waals surface area contributed by atoms with E-state index in [4.69, 9.17) is 12.2 Å². The van der Waals surface area contributed by atoms with Crippen LogP contribution in [0.3, 0.4) is 0 Å². The molecule has 22 heavy (non-hydrogen) atoms. The number of rotatable bonds is 6. The van der Waals surface area contributed by atoms with Gasteiger partial charge in [0.2, 0.25) is 0 Å². The van der Waals surface area contributed by atoms with Gasteiger partial charge in [-0.2, -0.15) is 0 Å². The van der Waals surface area contributed by atoms with Crippen LogP contribution in [0.5, 0.6) is 0 Å². The van der Waals surface area contributed by atoms with E-state index in [1.807, 2.05) is 24.9 Å². The van der Waals surface area contributed by atoms with Crippen molar-refractivity contribution in [3.8, 4) is 0 Å². The average molecular weight is 331 g/mol. The molecule has 0 aliphatic carbocycles. The Balaban J connectivity index is 1.69. The van der Waals surface area contributed by atoms with Crippen molar-refractivity contribution in [1.29, 1.82) is 0 Å². The van der Waals surface area contributed by atoms with E-state index in [1.165, 1.54) is 16.0 Å². The molecule has 4 heteroatoms. The maximum absolute atomic E-state index is 5.44. The molecule has 0 aliphatic rings. The van der Waals surface area contributed by atoms with Crippen LogP contribution in [0, 0.1) is 6.92 Å². The number of aryl methyl sites for hydroxylation is 1. The van der Waals surface area contributed by atoms with Crippen molar-refractivity contribution in [2.24, 2.45) is 0 Å². The van der Waals surface area contributed by atoms with E-state index in [9.17, 15) is 0 Å².